The quantitative estimate of drug-likeness (QED) is 0.721. The van der Waals surface area contributed by atoms with Crippen LogP contribution in [0, 0.1) is 0 Å². The highest BCUT2D eigenvalue weighted by Crippen LogP contribution is 2.18. The number of amides is 2. The summed E-state index contributed by atoms with van der Waals surface area (Å²) in [5.41, 5.74) is 0.866. The lowest BCUT2D eigenvalue weighted by molar-refractivity contribution is -0.154. The maximum atomic E-state index is 11.7. The van der Waals surface area contributed by atoms with Gasteiger partial charge in [0.25, 0.3) is 5.91 Å². The van der Waals surface area contributed by atoms with Crippen molar-refractivity contribution < 1.29 is 19.1 Å². The molecule has 0 aromatic heterocycles. The van der Waals surface area contributed by atoms with E-state index in [1.54, 1.807) is 0 Å². The molecule has 0 unspecified atom stereocenters. The monoisotopic (exact) mass is 304 g/mol. The van der Waals surface area contributed by atoms with Crippen LogP contribution in [0.1, 0.15) is 25.3 Å². The van der Waals surface area contributed by atoms with Crippen molar-refractivity contribution in [2.24, 2.45) is 0 Å². The van der Waals surface area contributed by atoms with E-state index in [1.807, 2.05) is 30.3 Å². The number of hydrogen-bond donors (Lipinski definition) is 2. The fourth-order valence-corrected chi connectivity index (χ4v) is 1.85. The van der Waals surface area contributed by atoms with Crippen LogP contribution in [-0.4, -0.2) is 36.5 Å². The van der Waals surface area contributed by atoms with Gasteiger partial charge in [-0.15, -0.1) is 0 Å². The Morgan fingerprint density at radius 1 is 1.23 bits per heavy atom. The Labute approximate surface area is 129 Å². The molecule has 1 aliphatic carbocycles. The molecule has 2 rings (SSSR count). The van der Waals surface area contributed by atoms with Gasteiger partial charge < -0.3 is 15.4 Å². The highest BCUT2D eigenvalue weighted by molar-refractivity contribution is 5.86. The van der Waals surface area contributed by atoms with Crippen molar-refractivity contribution in [2.45, 2.75) is 38.3 Å². The fourth-order valence-electron chi connectivity index (χ4n) is 1.85. The van der Waals surface area contributed by atoms with Crippen molar-refractivity contribution in [3.8, 4) is 0 Å². The van der Waals surface area contributed by atoms with Crippen LogP contribution >= 0.6 is 0 Å². The highest BCUT2D eigenvalue weighted by Gasteiger charge is 2.27. The number of esters is 1. The van der Waals surface area contributed by atoms with Crippen LogP contribution in [0.3, 0.4) is 0 Å². The molecule has 6 nitrogen and oxygen atoms in total. The van der Waals surface area contributed by atoms with Gasteiger partial charge in [-0.2, -0.15) is 0 Å². The number of ether oxygens (including phenoxy) is 1. The van der Waals surface area contributed by atoms with E-state index < -0.39 is 12.1 Å². The van der Waals surface area contributed by atoms with Crippen molar-refractivity contribution in [1.82, 2.24) is 10.6 Å². The van der Waals surface area contributed by atoms with Gasteiger partial charge in [0, 0.05) is 6.04 Å². The van der Waals surface area contributed by atoms with Crippen molar-refractivity contribution in [3.05, 3.63) is 35.9 Å². The number of rotatable bonds is 7. The van der Waals surface area contributed by atoms with Crippen LogP contribution in [0.4, 0.5) is 0 Å². The number of carbonyl (C=O) groups is 3. The number of benzene rings is 1. The Morgan fingerprint density at radius 3 is 2.55 bits per heavy atom. The Balaban J connectivity index is 1.66. The van der Waals surface area contributed by atoms with E-state index in [1.165, 1.54) is 6.92 Å². The van der Waals surface area contributed by atoms with E-state index >= 15 is 0 Å². The second kappa shape index (κ2) is 7.59. The highest BCUT2D eigenvalue weighted by atomic mass is 16.5. The summed E-state index contributed by atoms with van der Waals surface area (Å²) in [6, 6.07) is 9.45. The SMILES string of the molecule is C[C@H](OC(=O)CNC(=O)Cc1ccccc1)C(=O)NC1CC1. The summed E-state index contributed by atoms with van der Waals surface area (Å²) in [5.74, 6) is -1.19. The largest absolute Gasteiger partial charge is 0.451 e. The average molecular weight is 304 g/mol. The fraction of sp³-hybridized carbons (Fsp3) is 0.438. The molecule has 22 heavy (non-hydrogen) atoms. The zero-order valence-corrected chi connectivity index (χ0v) is 12.5. The van der Waals surface area contributed by atoms with E-state index in [9.17, 15) is 14.4 Å². The van der Waals surface area contributed by atoms with Crippen LogP contribution in [0.2, 0.25) is 0 Å². The lowest BCUT2D eigenvalue weighted by Crippen LogP contribution is -2.39. The second-order valence-electron chi connectivity index (χ2n) is 5.35. The van der Waals surface area contributed by atoms with E-state index in [0.717, 1.165) is 18.4 Å². The number of nitrogens with one attached hydrogen (secondary N) is 2. The molecule has 1 aromatic rings. The Kier molecular flexibility index (Phi) is 5.52. The molecule has 0 spiro atoms. The lowest BCUT2D eigenvalue weighted by Gasteiger charge is -2.13. The average Bonchev–Trinajstić information content (AvgIpc) is 3.30. The summed E-state index contributed by atoms with van der Waals surface area (Å²) in [7, 11) is 0. The molecule has 0 heterocycles. The predicted octanol–water partition coefficient (Wildman–Crippen LogP) is 0.556. The molecule has 1 atom stereocenters. The molecular formula is C16H20N2O4. The molecular weight excluding hydrogens is 284 g/mol. The van der Waals surface area contributed by atoms with Gasteiger partial charge in [0.15, 0.2) is 6.10 Å². The molecule has 0 saturated heterocycles. The van der Waals surface area contributed by atoms with Gasteiger partial charge in [-0.05, 0) is 25.3 Å². The Bertz CT molecular complexity index is 540. The van der Waals surface area contributed by atoms with Crippen LogP contribution in [0.25, 0.3) is 0 Å². The van der Waals surface area contributed by atoms with Crippen molar-refractivity contribution >= 4 is 17.8 Å². The predicted molar refractivity (Wildman–Crippen MR) is 79.9 cm³/mol. The molecule has 1 aromatic carbocycles. The Morgan fingerprint density at radius 2 is 1.91 bits per heavy atom. The van der Waals surface area contributed by atoms with Gasteiger partial charge in [-0.3, -0.25) is 14.4 Å². The molecule has 6 heteroatoms. The van der Waals surface area contributed by atoms with Crippen LogP contribution in [0.15, 0.2) is 30.3 Å². The summed E-state index contributed by atoms with van der Waals surface area (Å²) in [5, 5.41) is 5.24. The van der Waals surface area contributed by atoms with Crippen LogP contribution < -0.4 is 10.6 Å². The Hall–Kier alpha value is -2.37. The van der Waals surface area contributed by atoms with Crippen molar-refractivity contribution in [3.63, 3.8) is 0 Å². The smallest absolute Gasteiger partial charge is 0.326 e. The van der Waals surface area contributed by atoms with Gasteiger partial charge in [0.05, 0.1) is 6.42 Å². The summed E-state index contributed by atoms with van der Waals surface area (Å²) in [6.45, 7) is 1.27. The molecule has 1 fully saturated rings. The molecule has 1 saturated carbocycles. The van der Waals surface area contributed by atoms with Gasteiger partial charge in [-0.25, -0.2) is 0 Å². The molecule has 0 radical (unpaired) electrons. The van der Waals surface area contributed by atoms with Gasteiger partial charge in [0.2, 0.25) is 5.91 Å². The third-order valence-corrected chi connectivity index (χ3v) is 3.24. The van der Waals surface area contributed by atoms with Gasteiger partial charge in [-0.1, -0.05) is 30.3 Å². The zero-order valence-electron chi connectivity index (χ0n) is 12.5. The first-order chi connectivity index (χ1) is 10.5. The maximum absolute atomic E-state index is 11.7. The second-order valence-corrected chi connectivity index (χ2v) is 5.35. The van der Waals surface area contributed by atoms with Gasteiger partial charge in [0.1, 0.15) is 6.54 Å². The molecule has 2 amide bonds. The number of carbonyl (C=O) groups excluding carboxylic acids is 3. The lowest BCUT2D eigenvalue weighted by atomic mass is 10.1. The molecule has 2 N–H and O–H groups in total. The maximum Gasteiger partial charge on any atom is 0.326 e. The first-order valence-electron chi connectivity index (χ1n) is 7.35. The first-order valence-corrected chi connectivity index (χ1v) is 7.35. The summed E-state index contributed by atoms with van der Waals surface area (Å²) < 4.78 is 4.98. The van der Waals surface area contributed by atoms with E-state index in [4.69, 9.17) is 4.74 Å². The molecule has 118 valence electrons. The van der Waals surface area contributed by atoms with E-state index in [-0.39, 0.29) is 30.8 Å². The zero-order chi connectivity index (χ0) is 15.9. The summed E-state index contributed by atoms with van der Waals surface area (Å²) in [6.07, 6.45) is 1.30. The van der Waals surface area contributed by atoms with Gasteiger partial charge >= 0.3 is 5.97 Å². The topological polar surface area (TPSA) is 84.5 Å². The normalized spacial score (nSPS) is 14.8. The first kappa shape index (κ1) is 16.0. The van der Waals surface area contributed by atoms with Crippen molar-refractivity contribution in [1.29, 1.82) is 0 Å². The van der Waals surface area contributed by atoms with E-state index in [2.05, 4.69) is 10.6 Å². The standard InChI is InChI=1S/C16H20N2O4/c1-11(16(21)18-13-7-8-13)22-15(20)10-17-14(19)9-12-5-3-2-4-6-12/h2-6,11,13H,7-10H2,1H3,(H,17,19)(H,18,21)/t11-/m0/s1. The third-order valence-electron chi connectivity index (χ3n) is 3.24. The molecule has 0 bridgehead atoms. The minimum Gasteiger partial charge on any atom is -0.451 e. The van der Waals surface area contributed by atoms with Crippen molar-refractivity contribution in [2.75, 3.05) is 6.54 Å². The van der Waals surface area contributed by atoms with Crippen LogP contribution in [-0.2, 0) is 25.5 Å². The molecule has 1 aliphatic rings. The third kappa shape index (κ3) is 5.55. The van der Waals surface area contributed by atoms with Crippen LogP contribution in [0.5, 0.6) is 0 Å². The molecule has 0 aliphatic heterocycles. The van der Waals surface area contributed by atoms with E-state index in [0.29, 0.717) is 0 Å². The summed E-state index contributed by atoms with van der Waals surface area (Å²) in [4.78, 5) is 34.9. The summed E-state index contributed by atoms with van der Waals surface area (Å²) >= 11 is 0. The number of hydrogen-bond acceptors (Lipinski definition) is 4. The minimum atomic E-state index is -0.848. The minimum absolute atomic E-state index is 0.200.